The summed E-state index contributed by atoms with van der Waals surface area (Å²) in [5.74, 6) is 1.02. The van der Waals surface area contributed by atoms with Crippen LogP contribution in [-0.2, 0) is 6.54 Å². The third kappa shape index (κ3) is 4.76. The van der Waals surface area contributed by atoms with Crippen LogP contribution in [0.25, 0.3) is 0 Å². The van der Waals surface area contributed by atoms with Crippen molar-refractivity contribution in [2.45, 2.75) is 12.7 Å². The second-order valence-electron chi connectivity index (χ2n) is 10.6. The van der Waals surface area contributed by atoms with Crippen LogP contribution < -0.4 is 19.7 Å². The third-order valence-electron chi connectivity index (χ3n) is 8.04. The molecule has 7 rings (SSSR count). The Kier molecular flexibility index (Phi) is 6.62. The number of anilines is 2. The van der Waals surface area contributed by atoms with Crippen LogP contribution in [0.1, 0.15) is 38.0 Å². The monoisotopic (exact) mass is 564 g/mol. The summed E-state index contributed by atoms with van der Waals surface area (Å²) in [6.07, 6.45) is -0.382. The summed E-state index contributed by atoms with van der Waals surface area (Å²) in [7, 11) is 0. The average molecular weight is 565 g/mol. The summed E-state index contributed by atoms with van der Waals surface area (Å²) in [5, 5.41) is 3.51. The molecule has 4 aromatic carbocycles. The molecule has 3 aliphatic heterocycles. The first-order valence-corrected chi connectivity index (χ1v) is 14.0. The van der Waals surface area contributed by atoms with Gasteiger partial charge in [-0.3, -0.25) is 9.59 Å². The van der Waals surface area contributed by atoms with E-state index in [2.05, 4.69) is 5.32 Å². The Morgan fingerprint density at radius 2 is 1.60 bits per heavy atom. The molecule has 42 heavy (non-hydrogen) atoms. The molecule has 0 saturated carbocycles. The Morgan fingerprint density at radius 1 is 0.857 bits per heavy atom. The van der Waals surface area contributed by atoms with E-state index < -0.39 is 0 Å². The summed E-state index contributed by atoms with van der Waals surface area (Å²) < 4.78 is 25.2. The largest absolute Gasteiger partial charge is 0.454 e. The van der Waals surface area contributed by atoms with Gasteiger partial charge in [0.05, 0.1) is 5.69 Å². The zero-order valence-corrected chi connectivity index (χ0v) is 22.8. The molecule has 3 heterocycles. The predicted octanol–water partition coefficient (Wildman–Crippen LogP) is 5.28. The summed E-state index contributed by atoms with van der Waals surface area (Å²) in [6.45, 7) is 2.75. The van der Waals surface area contributed by atoms with Gasteiger partial charge >= 0.3 is 0 Å². The zero-order chi connectivity index (χ0) is 28.6. The van der Waals surface area contributed by atoms with Gasteiger partial charge in [-0.2, -0.15) is 0 Å². The molecule has 2 amide bonds. The zero-order valence-electron chi connectivity index (χ0n) is 22.8. The number of amides is 2. The van der Waals surface area contributed by atoms with Crippen molar-refractivity contribution in [1.82, 2.24) is 9.80 Å². The van der Waals surface area contributed by atoms with Gasteiger partial charge in [0.2, 0.25) is 6.79 Å². The number of para-hydroxylation sites is 1. The lowest BCUT2D eigenvalue weighted by atomic mass is 10.1. The molecule has 0 aliphatic carbocycles. The fourth-order valence-electron chi connectivity index (χ4n) is 5.83. The maximum atomic E-state index is 14.2. The number of benzene rings is 4. The molecule has 0 radical (unpaired) electrons. The van der Waals surface area contributed by atoms with E-state index in [4.69, 9.17) is 9.47 Å². The molecular formula is C33H29FN4O4. The smallest absolute Gasteiger partial charge is 0.256 e. The van der Waals surface area contributed by atoms with Gasteiger partial charge in [0.25, 0.3) is 11.8 Å². The van der Waals surface area contributed by atoms with Gasteiger partial charge in [0.1, 0.15) is 12.0 Å². The summed E-state index contributed by atoms with van der Waals surface area (Å²) in [5.41, 5.74) is 4.44. The van der Waals surface area contributed by atoms with Gasteiger partial charge in [0.15, 0.2) is 11.5 Å². The minimum atomic E-state index is -0.382. The number of halogens is 1. The Labute approximate surface area is 242 Å². The maximum absolute atomic E-state index is 14.2. The average Bonchev–Trinajstić information content (AvgIpc) is 3.60. The first-order valence-electron chi connectivity index (χ1n) is 14.0. The number of nitrogens with zero attached hydrogens (tertiary/aromatic N) is 3. The second kappa shape index (κ2) is 10.7. The van der Waals surface area contributed by atoms with Crippen LogP contribution in [-0.4, -0.2) is 54.6 Å². The lowest BCUT2D eigenvalue weighted by Crippen LogP contribution is -2.49. The quantitative estimate of drug-likeness (QED) is 0.344. The van der Waals surface area contributed by atoms with Gasteiger partial charge in [-0.25, -0.2) is 4.39 Å². The third-order valence-corrected chi connectivity index (χ3v) is 8.04. The van der Waals surface area contributed by atoms with Crippen LogP contribution >= 0.6 is 0 Å². The highest BCUT2D eigenvalue weighted by Crippen LogP contribution is 2.38. The van der Waals surface area contributed by atoms with E-state index in [9.17, 15) is 14.0 Å². The van der Waals surface area contributed by atoms with Crippen molar-refractivity contribution >= 4 is 23.2 Å². The first-order chi connectivity index (χ1) is 20.5. The molecule has 9 heteroatoms. The van der Waals surface area contributed by atoms with E-state index in [1.807, 2.05) is 65.6 Å². The van der Waals surface area contributed by atoms with Crippen molar-refractivity contribution in [3.8, 4) is 11.5 Å². The summed E-state index contributed by atoms with van der Waals surface area (Å²) in [4.78, 5) is 32.3. The van der Waals surface area contributed by atoms with Crippen molar-refractivity contribution in [1.29, 1.82) is 0 Å². The number of carbonyl (C=O) groups excluding carboxylic acids is 2. The highest BCUT2D eigenvalue weighted by atomic mass is 19.1. The Hall–Kier alpha value is -5.05. The highest BCUT2D eigenvalue weighted by Gasteiger charge is 2.36. The van der Waals surface area contributed by atoms with Gasteiger partial charge < -0.3 is 29.5 Å². The van der Waals surface area contributed by atoms with Crippen LogP contribution in [0, 0.1) is 5.82 Å². The standard InChI is InChI=1S/C33H29FN4O4/c34-27-7-3-4-8-28(27)36-15-17-37(18-16-36)32(39)23-10-12-24(13-11-23)35-31-25-5-1-2-6-26(25)33(40)38(31)20-22-9-14-29-30(19-22)42-21-41-29/h1-14,19,31,35H,15-18,20-21H2/t31-/m0/s1. The molecule has 0 spiro atoms. The van der Waals surface area contributed by atoms with Gasteiger partial charge in [0, 0.05) is 55.1 Å². The molecule has 1 N–H and O–H groups in total. The van der Waals surface area contributed by atoms with Crippen LogP contribution in [0.3, 0.4) is 0 Å². The Bertz CT molecular complexity index is 1650. The Morgan fingerprint density at radius 3 is 2.40 bits per heavy atom. The van der Waals surface area contributed by atoms with Gasteiger partial charge in [-0.05, 0) is 60.2 Å². The van der Waals surface area contributed by atoms with Crippen LogP contribution in [0.5, 0.6) is 11.5 Å². The van der Waals surface area contributed by atoms with E-state index >= 15 is 0 Å². The number of carbonyl (C=O) groups is 2. The predicted molar refractivity (Wildman–Crippen MR) is 156 cm³/mol. The normalized spacial score (nSPS) is 17.4. The van der Waals surface area contributed by atoms with Gasteiger partial charge in [-0.15, -0.1) is 0 Å². The number of nitrogens with one attached hydrogen (secondary N) is 1. The van der Waals surface area contributed by atoms with E-state index in [1.54, 1.807) is 34.1 Å². The first kappa shape index (κ1) is 25.9. The van der Waals surface area contributed by atoms with Crippen molar-refractivity contribution in [3.05, 3.63) is 119 Å². The second-order valence-corrected chi connectivity index (χ2v) is 10.6. The number of piperazine rings is 1. The summed E-state index contributed by atoms with van der Waals surface area (Å²) >= 11 is 0. The van der Waals surface area contributed by atoms with Crippen LogP contribution in [0.4, 0.5) is 15.8 Å². The fraction of sp³-hybridized carbons (Fsp3) is 0.212. The van der Waals surface area contributed by atoms with E-state index in [0.717, 1.165) is 16.8 Å². The Balaban J connectivity index is 1.05. The van der Waals surface area contributed by atoms with Crippen molar-refractivity contribution in [2.75, 3.05) is 43.2 Å². The molecule has 4 aromatic rings. The van der Waals surface area contributed by atoms with Crippen molar-refractivity contribution < 1.29 is 23.5 Å². The van der Waals surface area contributed by atoms with E-state index in [0.29, 0.717) is 61.0 Å². The van der Waals surface area contributed by atoms with Crippen LogP contribution in [0.2, 0.25) is 0 Å². The number of hydrogen-bond acceptors (Lipinski definition) is 6. The SMILES string of the molecule is O=C(c1ccc(N[C@@H]2c3ccccc3C(=O)N2Cc2ccc3c(c2)OCO3)cc1)N1CCN(c2ccccc2F)CC1. The minimum Gasteiger partial charge on any atom is -0.454 e. The highest BCUT2D eigenvalue weighted by molar-refractivity contribution is 5.99. The molecule has 1 fully saturated rings. The fourth-order valence-corrected chi connectivity index (χ4v) is 5.83. The topological polar surface area (TPSA) is 74.3 Å². The number of fused-ring (bicyclic) bond motifs is 2. The van der Waals surface area contributed by atoms with Crippen molar-refractivity contribution in [3.63, 3.8) is 0 Å². The van der Waals surface area contributed by atoms with Crippen molar-refractivity contribution in [2.24, 2.45) is 0 Å². The van der Waals surface area contributed by atoms with Crippen LogP contribution in [0.15, 0.2) is 91.0 Å². The molecule has 1 atom stereocenters. The molecule has 0 aromatic heterocycles. The number of rotatable bonds is 6. The molecule has 3 aliphatic rings. The molecule has 0 unspecified atom stereocenters. The lowest BCUT2D eigenvalue weighted by molar-refractivity contribution is 0.0726. The minimum absolute atomic E-state index is 0.0536. The van der Waals surface area contributed by atoms with E-state index in [-0.39, 0.29) is 30.6 Å². The maximum Gasteiger partial charge on any atom is 0.256 e. The molecule has 8 nitrogen and oxygen atoms in total. The molecule has 1 saturated heterocycles. The molecule has 0 bridgehead atoms. The number of hydrogen-bond donors (Lipinski definition) is 1. The van der Waals surface area contributed by atoms with Gasteiger partial charge in [-0.1, -0.05) is 36.4 Å². The van der Waals surface area contributed by atoms with E-state index in [1.165, 1.54) is 6.07 Å². The molecule has 212 valence electrons. The summed E-state index contributed by atoms with van der Waals surface area (Å²) in [6, 6.07) is 27.4. The lowest BCUT2D eigenvalue weighted by Gasteiger charge is -2.36. The molecular weight excluding hydrogens is 535 g/mol. The number of ether oxygens (including phenoxy) is 2.